The molecule has 1 aliphatic heterocycles. The maximum atomic E-state index is 12.8. The normalized spacial score (nSPS) is 15.4. The van der Waals surface area contributed by atoms with E-state index in [1.54, 1.807) is 6.92 Å². The number of H-pyrrole nitrogens is 1. The van der Waals surface area contributed by atoms with E-state index in [2.05, 4.69) is 9.97 Å². The van der Waals surface area contributed by atoms with Crippen LogP contribution in [0.3, 0.4) is 0 Å². The zero-order valence-corrected chi connectivity index (χ0v) is 14.5. The van der Waals surface area contributed by atoms with Crippen LogP contribution in [0.15, 0.2) is 27.9 Å². The molecule has 122 valence electrons. The summed E-state index contributed by atoms with van der Waals surface area (Å²) in [6, 6.07) is 4.27. The summed E-state index contributed by atoms with van der Waals surface area (Å²) in [5.74, 6) is 0.517. The number of hydrogen-bond acceptors (Lipinski definition) is 4. The van der Waals surface area contributed by atoms with Gasteiger partial charge in [0.15, 0.2) is 0 Å². The van der Waals surface area contributed by atoms with Crippen molar-refractivity contribution in [3.63, 3.8) is 0 Å². The first kappa shape index (κ1) is 16.4. The van der Waals surface area contributed by atoms with Gasteiger partial charge in [-0.3, -0.25) is 4.79 Å². The van der Waals surface area contributed by atoms with Crippen molar-refractivity contribution in [3.05, 3.63) is 55.7 Å². The third-order valence-electron chi connectivity index (χ3n) is 3.66. The molecule has 23 heavy (non-hydrogen) atoms. The molecule has 0 spiro atoms. The van der Waals surface area contributed by atoms with Crippen molar-refractivity contribution in [3.8, 4) is 0 Å². The first-order valence-electron chi connectivity index (χ1n) is 6.83. The van der Waals surface area contributed by atoms with Gasteiger partial charge in [-0.2, -0.15) is 4.31 Å². The van der Waals surface area contributed by atoms with E-state index in [1.165, 1.54) is 22.5 Å². The number of benzene rings is 1. The van der Waals surface area contributed by atoms with Crippen molar-refractivity contribution in [2.24, 2.45) is 0 Å². The molecule has 1 aromatic heterocycles. The SMILES string of the molecule is Cc1nc2c(c(=O)[nH]1)CN(S(=O)(=O)c1cc(Cl)ccc1Cl)CC2. The number of rotatable bonds is 2. The molecule has 0 radical (unpaired) electrons. The highest BCUT2D eigenvalue weighted by Gasteiger charge is 2.32. The second-order valence-electron chi connectivity index (χ2n) is 5.24. The molecule has 0 unspecified atom stereocenters. The van der Waals surface area contributed by atoms with Crippen LogP contribution in [0.25, 0.3) is 0 Å². The van der Waals surface area contributed by atoms with Crippen molar-refractivity contribution in [1.29, 1.82) is 0 Å². The van der Waals surface area contributed by atoms with Gasteiger partial charge in [-0.25, -0.2) is 13.4 Å². The Labute approximate surface area is 143 Å². The molecule has 3 rings (SSSR count). The van der Waals surface area contributed by atoms with E-state index >= 15 is 0 Å². The van der Waals surface area contributed by atoms with Crippen molar-refractivity contribution < 1.29 is 8.42 Å². The Kier molecular flexibility index (Phi) is 4.22. The van der Waals surface area contributed by atoms with E-state index in [1.807, 2.05) is 0 Å². The Balaban J connectivity index is 2.03. The van der Waals surface area contributed by atoms with Crippen LogP contribution < -0.4 is 5.56 Å². The summed E-state index contributed by atoms with van der Waals surface area (Å²) in [6.45, 7) is 1.88. The number of sulfonamides is 1. The van der Waals surface area contributed by atoms with E-state index in [4.69, 9.17) is 23.2 Å². The average Bonchev–Trinajstić information content (AvgIpc) is 2.49. The number of halogens is 2. The molecule has 0 saturated carbocycles. The lowest BCUT2D eigenvalue weighted by Crippen LogP contribution is -2.39. The van der Waals surface area contributed by atoms with E-state index in [0.717, 1.165) is 0 Å². The van der Waals surface area contributed by atoms with E-state index in [0.29, 0.717) is 23.5 Å². The summed E-state index contributed by atoms with van der Waals surface area (Å²) in [6.07, 6.45) is 0.373. The summed E-state index contributed by atoms with van der Waals surface area (Å²) >= 11 is 11.9. The van der Waals surface area contributed by atoms with Crippen LogP contribution in [0, 0.1) is 6.92 Å². The fourth-order valence-electron chi connectivity index (χ4n) is 2.54. The maximum absolute atomic E-state index is 12.8. The number of aryl methyl sites for hydroxylation is 1. The van der Waals surface area contributed by atoms with Gasteiger partial charge in [0.2, 0.25) is 10.0 Å². The van der Waals surface area contributed by atoms with Gasteiger partial charge in [-0.1, -0.05) is 23.2 Å². The van der Waals surface area contributed by atoms with Gasteiger partial charge in [0.1, 0.15) is 10.7 Å². The number of nitrogens with one attached hydrogen (secondary N) is 1. The molecule has 6 nitrogen and oxygen atoms in total. The predicted molar refractivity (Wildman–Crippen MR) is 87.4 cm³/mol. The fraction of sp³-hybridized carbons (Fsp3) is 0.286. The predicted octanol–water partition coefficient (Wildman–Crippen LogP) is 2.13. The first-order chi connectivity index (χ1) is 10.8. The topological polar surface area (TPSA) is 83.1 Å². The minimum Gasteiger partial charge on any atom is -0.310 e. The minimum absolute atomic E-state index is 0.0386. The molecule has 0 fully saturated rings. The highest BCUT2D eigenvalue weighted by atomic mass is 35.5. The van der Waals surface area contributed by atoms with Crippen LogP contribution in [0.5, 0.6) is 0 Å². The summed E-state index contributed by atoms with van der Waals surface area (Å²) in [5.41, 5.74) is 0.683. The summed E-state index contributed by atoms with van der Waals surface area (Å²) in [5, 5.41) is 0.372. The van der Waals surface area contributed by atoms with Crippen LogP contribution in [0.4, 0.5) is 0 Å². The van der Waals surface area contributed by atoms with Gasteiger partial charge in [0.25, 0.3) is 5.56 Å². The number of hydrogen-bond donors (Lipinski definition) is 1. The van der Waals surface area contributed by atoms with E-state index in [-0.39, 0.29) is 33.6 Å². The van der Waals surface area contributed by atoms with Gasteiger partial charge in [0, 0.05) is 24.5 Å². The average molecular weight is 374 g/mol. The van der Waals surface area contributed by atoms with Crippen LogP contribution in [0.2, 0.25) is 10.0 Å². The lowest BCUT2D eigenvalue weighted by molar-refractivity contribution is 0.384. The molecular weight excluding hydrogens is 361 g/mol. The van der Waals surface area contributed by atoms with Crippen LogP contribution in [0.1, 0.15) is 17.1 Å². The third-order valence-corrected chi connectivity index (χ3v) is 6.22. The highest BCUT2D eigenvalue weighted by Crippen LogP contribution is 2.29. The molecule has 1 aliphatic rings. The lowest BCUT2D eigenvalue weighted by atomic mass is 10.1. The summed E-state index contributed by atoms with van der Waals surface area (Å²) < 4.78 is 26.8. The summed E-state index contributed by atoms with van der Waals surface area (Å²) in [7, 11) is -3.85. The Morgan fingerprint density at radius 2 is 2.04 bits per heavy atom. The molecule has 0 aliphatic carbocycles. The molecule has 1 aromatic carbocycles. The Hall–Kier alpha value is -1.41. The standard InChI is InChI=1S/C14H13Cl2N3O3S/c1-8-17-12-4-5-19(7-10(12)14(20)18-8)23(21,22)13-6-9(15)2-3-11(13)16/h2-3,6H,4-5,7H2,1H3,(H,17,18,20). The van der Waals surface area contributed by atoms with Crippen molar-refractivity contribution in [2.75, 3.05) is 6.54 Å². The second-order valence-corrected chi connectivity index (χ2v) is 7.99. The molecule has 2 heterocycles. The second kappa shape index (κ2) is 5.90. The fourth-order valence-corrected chi connectivity index (χ4v) is 4.69. The zero-order valence-electron chi connectivity index (χ0n) is 12.1. The van der Waals surface area contributed by atoms with Gasteiger partial charge >= 0.3 is 0 Å². The minimum atomic E-state index is -3.85. The maximum Gasteiger partial charge on any atom is 0.255 e. The van der Waals surface area contributed by atoms with Gasteiger partial charge in [-0.15, -0.1) is 0 Å². The number of nitrogens with zero attached hydrogens (tertiary/aromatic N) is 2. The number of aromatic nitrogens is 2. The molecule has 9 heteroatoms. The van der Waals surface area contributed by atoms with Gasteiger partial charge in [0.05, 0.1) is 16.3 Å². The Morgan fingerprint density at radius 1 is 1.30 bits per heavy atom. The first-order valence-corrected chi connectivity index (χ1v) is 9.02. The molecule has 0 amide bonds. The molecule has 1 N–H and O–H groups in total. The van der Waals surface area contributed by atoms with Crippen molar-refractivity contribution in [2.45, 2.75) is 24.8 Å². The quantitative estimate of drug-likeness (QED) is 0.873. The van der Waals surface area contributed by atoms with Crippen LogP contribution >= 0.6 is 23.2 Å². The van der Waals surface area contributed by atoms with Gasteiger partial charge in [-0.05, 0) is 25.1 Å². The third kappa shape index (κ3) is 3.01. The molecule has 2 aromatic rings. The van der Waals surface area contributed by atoms with Crippen LogP contribution in [-0.2, 0) is 23.0 Å². The van der Waals surface area contributed by atoms with Gasteiger partial charge < -0.3 is 4.98 Å². The zero-order chi connectivity index (χ0) is 16.8. The van der Waals surface area contributed by atoms with Crippen molar-refractivity contribution >= 4 is 33.2 Å². The molecule has 0 bridgehead atoms. The monoisotopic (exact) mass is 373 g/mol. The molecule has 0 saturated heterocycles. The highest BCUT2D eigenvalue weighted by molar-refractivity contribution is 7.89. The summed E-state index contributed by atoms with van der Waals surface area (Å²) in [4.78, 5) is 18.9. The van der Waals surface area contributed by atoms with E-state index in [9.17, 15) is 13.2 Å². The molecule has 0 atom stereocenters. The van der Waals surface area contributed by atoms with Crippen LogP contribution in [-0.4, -0.2) is 29.2 Å². The molecular formula is C14H13Cl2N3O3S. The smallest absolute Gasteiger partial charge is 0.255 e. The largest absolute Gasteiger partial charge is 0.310 e. The Bertz CT molecular complexity index is 941. The lowest BCUT2D eigenvalue weighted by Gasteiger charge is -2.27. The van der Waals surface area contributed by atoms with E-state index < -0.39 is 10.0 Å². The van der Waals surface area contributed by atoms with Crippen molar-refractivity contribution in [1.82, 2.24) is 14.3 Å². The number of aromatic amines is 1. The number of fused-ring (bicyclic) bond motifs is 1. The Morgan fingerprint density at radius 3 is 2.78 bits per heavy atom.